The minimum atomic E-state index is -0.504. The smallest absolute Gasteiger partial charge is 0.271 e. The van der Waals surface area contributed by atoms with Gasteiger partial charge in [-0.2, -0.15) is 0 Å². The van der Waals surface area contributed by atoms with Crippen LogP contribution in [0.25, 0.3) is 10.9 Å². The number of nitro groups is 1. The highest BCUT2D eigenvalue weighted by Gasteiger charge is 2.16. The second-order valence-corrected chi connectivity index (χ2v) is 7.59. The Kier molecular flexibility index (Phi) is 5.31. The van der Waals surface area contributed by atoms with Gasteiger partial charge >= 0.3 is 0 Å². The monoisotopic (exact) mass is 406 g/mol. The van der Waals surface area contributed by atoms with Gasteiger partial charge in [-0.05, 0) is 43.5 Å². The number of amides is 1. The van der Waals surface area contributed by atoms with Crippen molar-refractivity contribution < 1.29 is 9.72 Å². The third-order valence-corrected chi connectivity index (χ3v) is 5.51. The lowest BCUT2D eigenvalue weighted by Crippen LogP contribution is -2.26. The third kappa shape index (κ3) is 3.80. The molecule has 0 unspecified atom stereocenters. The van der Waals surface area contributed by atoms with E-state index >= 15 is 0 Å². The van der Waals surface area contributed by atoms with Gasteiger partial charge < -0.3 is 5.32 Å². The van der Waals surface area contributed by atoms with Crippen LogP contribution in [0, 0.1) is 17.0 Å². The van der Waals surface area contributed by atoms with Crippen molar-refractivity contribution in [2.45, 2.75) is 45.6 Å². The van der Waals surface area contributed by atoms with Crippen molar-refractivity contribution in [2.75, 3.05) is 5.32 Å². The maximum absolute atomic E-state index is 12.9. The SMILES string of the molecule is Cc1ccc([N+](=O)[O-])cc1NC(=O)c1ccc2c(=O)n3c(nc2c1)CCCCCC3. The number of rotatable bonds is 3. The van der Waals surface area contributed by atoms with Crippen molar-refractivity contribution in [2.24, 2.45) is 0 Å². The Hall–Kier alpha value is -3.55. The quantitative estimate of drug-likeness (QED) is 0.523. The number of nitrogens with one attached hydrogen (secondary N) is 1. The molecule has 1 aliphatic rings. The predicted molar refractivity (Wildman–Crippen MR) is 114 cm³/mol. The summed E-state index contributed by atoms with van der Waals surface area (Å²) in [4.78, 5) is 40.9. The van der Waals surface area contributed by atoms with Crippen molar-refractivity contribution in [3.63, 3.8) is 0 Å². The van der Waals surface area contributed by atoms with Gasteiger partial charge in [0.15, 0.2) is 0 Å². The fourth-order valence-electron chi connectivity index (χ4n) is 3.79. The molecule has 0 saturated carbocycles. The van der Waals surface area contributed by atoms with E-state index in [4.69, 9.17) is 0 Å². The first-order valence-corrected chi connectivity index (χ1v) is 10.0. The number of anilines is 1. The summed E-state index contributed by atoms with van der Waals surface area (Å²) in [7, 11) is 0. The molecule has 3 aromatic rings. The first-order valence-electron chi connectivity index (χ1n) is 10.0. The number of hydrogen-bond acceptors (Lipinski definition) is 5. The maximum atomic E-state index is 12.9. The molecule has 1 aromatic heterocycles. The highest BCUT2D eigenvalue weighted by atomic mass is 16.6. The van der Waals surface area contributed by atoms with Gasteiger partial charge in [-0.25, -0.2) is 4.98 Å². The van der Waals surface area contributed by atoms with Gasteiger partial charge in [0.2, 0.25) is 0 Å². The average Bonchev–Trinajstić information content (AvgIpc) is 2.70. The zero-order valence-corrected chi connectivity index (χ0v) is 16.7. The maximum Gasteiger partial charge on any atom is 0.271 e. The second-order valence-electron chi connectivity index (χ2n) is 7.59. The van der Waals surface area contributed by atoms with E-state index in [9.17, 15) is 19.7 Å². The van der Waals surface area contributed by atoms with Crippen molar-refractivity contribution in [3.05, 3.63) is 73.8 Å². The summed E-state index contributed by atoms with van der Waals surface area (Å²) in [6, 6.07) is 9.15. The molecule has 2 aromatic carbocycles. The lowest BCUT2D eigenvalue weighted by atomic mass is 10.1. The summed E-state index contributed by atoms with van der Waals surface area (Å²) in [5.41, 5.74) is 1.76. The summed E-state index contributed by atoms with van der Waals surface area (Å²) in [6.07, 6.45) is 4.93. The van der Waals surface area contributed by atoms with Crippen molar-refractivity contribution in [1.29, 1.82) is 0 Å². The Morgan fingerprint density at radius 1 is 1.13 bits per heavy atom. The average molecular weight is 406 g/mol. The molecule has 0 radical (unpaired) electrons. The molecule has 0 atom stereocenters. The number of aryl methyl sites for hydroxylation is 2. The number of carbonyl (C=O) groups excluding carboxylic acids is 1. The van der Waals surface area contributed by atoms with Gasteiger partial charge in [0.05, 0.1) is 21.5 Å². The number of nitro benzene ring substituents is 1. The van der Waals surface area contributed by atoms with E-state index in [-0.39, 0.29) is 11.2 Å². The third-order valence-electron chi connectivity index (χ3n) is 5.51. The van der Waals surface area contributed by atoms with Gasteiger partial charge in [0.25, 0.3) is 17.2 Å². The van der Waals surface area contributed by atoms with Crippen molar-refractivity contribution in [3.8, 4) is 0 Å². The summed E-state index contributed by atoms with van der Waals surface area (Å²) >= 11 is 0. The van der Waals surface area contributed by atoms with E-state index in [0.717, 1.165) is 37.9 Å². The zero-order valence-electron chi connectivity index (χ0n) is 16.7. The Morgan fingerprint density at radius 2 is 1.93 bits per heavy atom. The number of hydrogen-bond donors (Lipinski definition) is 1. The summed E-state index contributed by atoms with van der Waals surface area (Å²) in [5, 5.41) is 14.2. The van der Waals surface area contributed by atoms with Gasteiger partial charge in [-0.15, -0.1) is 0 Å². The molecule has 8 nitrogen and oxygen atoms in total. The van der Waals surface area contributed by atoms with Crippen molar-refractivity contribution >= 4 is 28.2 Å². The number of carbonyl (C=O) groups is 1. The standard InChI is InChI=1S/C22H22N4O4/c1-14-7-9-16(26(29)30)13-18(14)24-21(27)15-8-10-17-19(12-15)23-20-6-4-2-3-5-11-25(20)22(17)28/h7-10,12-13H,2-6,11H2,1H3,(H,24,27). The molecule has 0 fully saturated rings. The van der Waals surface area contributed by atoms with E-state index in [2.05, 4.69) is 10.3 Å². The number of benzene rings is 2. The first kappa shape index (κ1) is 19.8. The molecule has 0 saturated heterocycles. The second kappa shape index (κ2) is 8.06. The number of aromatic nitrogens is 2. The van der Waals surface area contributed by atoms with E-state index in [0.29, 0.717) is 34.3 Å². The normalized spacial score (nSPS) is 13.9. The van der Waals surface area contributed by atoms with E-state index < -0.39 is 10.8 Å². The van der Waals surface area contributed by atoms with Gasteiger partial charge in [-0.3, -0.25) is 24.3 Å². The number of nitrogens with zero attached hydrogens (tertiary/aromatic N) is 3. The lowest BCUT2D eigenvalue weighted by molar-refractivity contribution is -0.384. The number of non-ortho nitro benzene ring substituents is 1. The van der Waals surface area contributed by atoms with Crippen molar-refractivity contribution in [1.82, 2.24) is 9.55 Å². The molecule has 0 aliphatic carbocycles. The van der Waals surface area contributed by atoms with E-state index in [1.165, 1.54) is 12.1 Å². The molecule has 2 heterocycles. The molecular weight excluding hydrogens is 384 g/mol. The molecule has 8 heteroatoms. The fourth-order valence-corrected chi connectivity index (χ4v) is 3.79. The van der Waals surface area contributed by atoms with E-state index in [1.807, 2.05) is 0 Å². The molecule has 0 bridgehead atoms. The minimum absolute atomic E-state index is 0.0709. The Morgan fingerprint density at radius 3 is 2.73 bits per heavy atom. The van der Waals surface area contributed by atoms with Gasteiger partial charge in [0, 0.05) is 30.7 Å². The summed E-state index contributed by atoms with van der Waals surface area (Å²) in [6.45, 7) is 2.44. The van der Waals surface area contributed by atoms with Gasteiger partial charge in [-0.1, -0.05) is 18.9 Å². The van der Waals surface area contributed by atoms with Crippen LogP contribution in [-0.4, -0.2) is 20.4 Å². The largest absolute Gasteiger partial charge is 0.321 e. The van der Waals surface area contributed by atoms with Crippen LogP contribution >= 0.6 is 0 Å². The van der Waals surface area contributed by atoms with Crippen LogP contribution in [0.3, 0.4) is 0 Å². The summed E-state index contributed by atoms with van der Waals surface area (Å²) in [5.74, 6) is 0.355. The van der Waals surface area contributed by atoms with Crippen LogP contribution in [0.4, 0.5) is 11.4 Å². The highest BCUT2D eigenvalue weighted by molar-refractivity contribution is 6.06. The molecule has 0 spiro atoms. The van der Waals surface area contributed by atoms with Gasteiger partial charge in [0.1, 0.15) is 5.82 Å². The molecule has 154 valence electrons. The molecule has 4 rings (SSSR count). The Balaban J connectivity index is 1.69. The zero-order chi connectivity index (χ0) is 21.3. The Bertz CT molecular complexity index is 1220. The van der Waals surface area contributed by atoms with Crippen LogP contribution in [-0.2, 0) is 13.0 Å². The topological polar surface area (TPSA) is 107 Å². The number of fused-ring (bicyclic) bond motifs is 2. The fraction of sp³-hybridized carbons (Fsp3) is 0.318. The lowest BCUT2D eigenvalue weighted by Gasteiger charge is -2.16. The Labute approximate surface area is 172 Å². The van der Waals surface area contributed by atoms with Crippen LogP contribution in [0.5, 0.6) is 0 Å². The minimum Gasteiger partial charge on any atom is -0.321 e. The van der Waals surface area contributed by atoms with Crippen LogP contribution in [0.1, 0.15) is 47.4 Å². The summed E-state index contributed by atoms with van der Waals surface area (Å²) < 4.78 is 1.76. The van der Waals surface area contributed by atoms with E-state index in [1.54, 1.807) is 35.8 Å². The molecule has 30 heavy (non-hydrogen) atoms. The molecule has 1 amide bonds. The molecule has 1 N–H and O–H groups in total. The highest BCUT2D eigenvalue weighted by Crippen LogP contribution is 2.23. The first-order chi connectivity index (χ1) is 14.4. The molecule has 1 aliphatic heterocycles. The van der Waals surface area contributed by atoms with Crippen LogP contribution in [0.2, 0.25) is 0 Å². The van der Waals surface area contributed by atoms with Crippen LogP contribution in [0.15, 0.2) is 41.2 Å². The van der Waals surface area contributed by atoms with Crippen LogP contribution < -0.4 is 10.9 Å². The predicted octanol–water partition coefficient (Wildman–Crippen LogP) is 3.98. The molecular formula is C22H22N4O4.